The molecule has 0 aromatic carbocycles. The fourth-order valence-electron chi connectivity index (χ4n) is 1.81. The lowest BCUT2D eigenvalue weighted by Crippen LogP contribution is -2.38. The summed E-state index contributed by atoms with van der Waals surface area (Å²) in [7, 11) is 0. The molecule has 0 saturated carbocycles. The zero-order chi connectivity index (χ0) is 9.10. The lowest BCUT2D eigenvalue weighted by Gasteiger charge is -2.27. The van der Waals surface area contributed by atoms with Crippen molar-refractivity contribution in [3.8, 4) is 0 Å². The summed E-state index contributed by atoms with van der Waals surface area (Å²) in [6.45, 7) is 1.97. The van der Waals surface area contributed by atoms with Gasteiger partial charge in [0.05, 0.1) is 0 Å². The Bertz CT molecular complexity index is 252. The molecule has 2 heterocycles. The minimum atomic E-state index is 0.612. The van der Waals surface area contributed by atoms with Gasteiger partial charge in [0.15, 0.2) is 0 Å². The molecule has 3 heteroatoms. The Balaban J connectivity index is 2.03. The molecule has 0 radical (unpaired) electrons. The van der Waals surface area contributed by atoms with Gasteiger partial charge in [-0.2, -0.15) is 0 Å². The summed E-state index contributed by atoms with van der Waals surface area (Å²) in [6, 6.07) is 6.12. The molecule has 1 fully saturated rings. The third-order valence-electron chi connectivity index (χ3n) is 2.64. The Kier molecular flexibility index (Phi) is 2.57. The molecule has 2 rings (SSSR count). The van der Waals surface area contributed by atoms with E-state index < -0.39 is 0 Å². The number of aromatic nitrogens is 1. The summed E-state index contributed by atoms with van der Waals surface area (Å²) < 4.78 is 0. The van der Waals surface area contributed by atoms with Gasteiger partial charge in [-0.25, -0.2) is 5.01 Å². The first kappa shape index (κ1) is 8.66. The van der Waals surface area contributed by atoms with Crippen molar-refractivity contribution >= 4 is 0 Å². The van der Waals surface area contributed by atoms with Gasteiger partial charge in [-0.1, -0.05) is 6.07 Å². The standard InChI is InChI=1S/C10H15N3/c11-13-7-4-9(5-8-13)10-3-1-2-6-12-10/h1-3,6,9H,4-5,7-8,11H2. The molecule has 0 spiro atoms. The lowest BCUT2D eigenvalue weighted by molar-refractivity contribution is 0.216. The van der Waals surface area contributed by atoms with Crippen molar-refractivity contribution in [2.24, 2.45) is 5.84 Å². The highest BCUT2D eigenvalue weighted by Crippen LogP contribution is 2.24. The Hall–Kier alpha value is -0.930. The van der Waals surface area contributed by atoms with Gasteiger partial charge in [-0.3, -0.25) is 10.8 Å². The molecule has 0 atom stereocenters. The molecule has 1 saturated heterocycles. The molecule has 1 aliphatic heterocycles. The van der Waals surface area contributed by atoms with Crippen molar-refractivity contribution in [1.82, 2.24) is 9.99 Å². The average Bonchev–Trinajstić information content (AvgIpc) is 2.20. The van der Waals surface area contributed by atoms with Crippen LogP contribution in [-0.4, -0.2) is 23.1 Å². The fourth-order valence-corrected chi connectivity index (χ4v) is 1.81. The Labute approximate surface area is 78.5 Å². The first-order valence-electron chi connectivity index (χ1n) is 4.77. The monoisotopic (exact) mass is 177 g/mol. The maximum absolute atomic E-state index is 5.69. The Morgan fingerprint density at radius 1 is 1.31 bits per heavy atom. The SMILES string of the molecule is NN1CCC(c2ccccn2)CC1. The molecule has 1 aromatic heterocycles. The van der Waals surface area contributed by atoms with Crippen LogP contribution in [0.2, 0.25) is 0 Å². The average molecular weight is 177 g/mol. The predicted octanol–water partition coefficient (Wildman–Crippen LogP) is 1.13. The van der Waals surface area contributed by atoms with Crippen LogP contribution in [0.5, 0.6) is 0 Å². The first-order chi connectivity index (χ1) is 6.36. The van der Waals surface area contributed by atoms with E-state index in [4.69, 9.17) is 5.84 Å². The maximum atomic E-state index is 5.69. The number of nitrogens with zero attached hydrogens (tertiary/aromatic N) is 2. The summed E-state index contributed by atoms with van der Waals surface area (Å²) in [5.74, 6) is 6.30. The van der Waals surface area contributed by atoms with Crippen molar-refractivity contribution in [3.63, 3.8) is 0 Å². The van der Waals surface area contributed by atoms with Crippen LogP contribution in [0.25, 0.3) is 0 Å². The van der Waals surface area contributed by atoms with E-state index in [2.05, 4.69) is 17.1 Å². The van der Waals surface area contributed by atoms with Gasteiger partial charge in [0, 0.05) is 30.9 Å². The topological polar surface area (TPSA) is 42.1 Å². The number of pyridine rings is 1. The summed E-state index contributed by atoms with van der Waals surface area (Å²) in [6.07, 6.45) is 4.13. The molecular formula is C10H15N3. The second-order valence-corrected chi connectivity index (χ2v) is 3.56. The zero-order valence-electron chi connectivity index (χ0n) is 7.69. The van der Waals surface area contributed by atoms with Crippen LogP contribution in [0.1, 0.15) is 24.5 Å². The second-order valence-electron chi connectivity index (χ2n) is 3.56. The fraction of sp³-hybridized carbons (Fsp3) is 0.500. The number of rotatable bonds is 1. The van der Waals surface area contributed by atoms with E-state index in [-0.39, 0.29) is 0 Å². The van der Waals surface area contributed by atoms with Crippen molar-refractivity contribution in [2.45, 2.75) is 18.8 Å². The molecule has 0 aliphatic carbocycles. The second kappa shape index (κ2) is 3.85. The number of nitrogens with two attached hydrogens (primary N) is 1. The van der Waals surface area contributed by atoms with E-state index in [1.165, 1.54) is 5.69 Å². The Morgan fingerprint density at radius 3 is 2.69 bits per heavy atom. The van der Waals surface area contributed by atoms with E-state index in [1.807, 2.05) is 17.3 Å². The van der Waals surface area contributed by atoms with Crippen LogP contribution >= 0.6 is 0 Å². The molecule has 3 nitrogen and oxygen atoms in total. The van der Waals surface area contributed by atoms with Crippen LogP contribution in [0.15, 0.2) is 24.4 Å². The van der Waals surface area contributed by atoms with Crippen LogP contribution in [0, 0.1) is 0 Å². The van der Waals surface area contributed by atoms with Crippen molar-refractivity contribution in [2.75, 3.05) is 13.1 Å². The highest BCUT2D eigenvalue weighted by atomic mass is 15.4. The van der Waals surface area contributed by atoms with Gasteiger partial charge < -0.3 is 0 Å². The first-order valence-corrected chi connectivity index (χ1v) is 4.77. The van der Waals surface area contributed by atoms with Crippen LogP contribution in [0.3, 0.4) is 0 Å². The molecule has 0 unspecified atom stereocenters. The molecule has 2 N–H and O–H groups in total. The molecule has 13 heavy (non-hydrogen) atoms. The highest BCUT2D eigenvalue weighted by Gasteiger charge is 2.18. The van der Waals surface area contributed by atoms with Crippen molar-refractivity contribution in [3.05, 3.63) is 30.1 Å². The smallest absolute Gasteiger partial charge is 0.0435 e. The minimum Gasteiger partial charge on any atom is -0.269 e. The molecule has 0 amide bonds. The summed E-state index contributed by atoms with van der Waals surface area (Å²) in [4.78, 5) is 4.37. The summed E-state index contributed by atoms with van der Waals surface area (Å²) >= 11 is 0. The van der Waals surface area contributed by atoms with Crippen LogP contribution in [-0.2, 0) is 0 Å². The van der Waals surface area contributed by atoms with Gasteiger partial charge in [0.1, 0.15) is 0 Å². The summed E-state index contributed by atoms with van der Waals surface area (Å²) in [5, 5.41) is 1.89. The highest BCUT2D eigenvalue weighted by molar-refractivity contribution is 5.10. The van der Waals surface area contributed by atoms with Gasteiger partial charge in [0.2, 0.25) is 0 Å². The number of hydrogen-bond acceptors (Lipinski definition) is 3. The normalized spacial score (nSPS) is 20.4. The number of hydrogen-bond donors (Lipinski definition) is 1. The van der Waals surface area contributed by atoms with Crippen molar-refractivity contribution in [1.29, 1.82) is 0 Å². The van der Waals surface area contributed by atoms with Crippen molar-refractivity contribution < 1.29 is 0 Å². The van der Waals surface area contributed by atoms with Gasteiger partial charge in [-0.15, -0.1) is 0 Å². The maximum Gasteiger partial charge on any atom is 0.0435 e. The molecule has 1 aromatic rings. The number of hydrazine groups is 1. The van der Waals surface area contributed by atoms with Crippen LogP contribution < -0.4 is 5.84 Å². The van der Waals surface area contributed by atoms with Gasteiger partial charge in [-0.05, 0) is 25.0 Å². The van der Waals surface area contributed by atoms with E-state index in [0.717, 1.165) is 25.9 Å². The largest absolute Gasteiger partial charge is 0.269 e. The quantitative estimate of drug-likeness (QED) is 0.654. The predicted molar refractivity (Wildman–Crippen MR) is 52.0 cm³/mol. The van der Waals surface area contributed by atoms with Crippen LogP contribution in [0.4, 0.5) is 0 Å². The molecule has 70 valence electrons. The third-order valence-corrected chi connectivity index (χ3v) is 2.64. The van der Waals surface area contributed by atoms with E-state index in [1.54, 1.807) is 0 Å². The lowest BCUT2D eigenvalue weighted by atomic mass is 9.94. The molecule has 0 bridgehead atoms. The molecular weight excluding hydrogens is 162 g/mol. The van der Waals surface area contributed by atoms with Gasteiger partial charge in [0.25, 0.3) is 0 Å². The van der Waals surface area contributed by atoms with E-state index in [9.17, 15) is 0 Å². The van der Waals surface area contributed by atoms with E-state index in [0.29, 0.717) is 5.92 Å². The molecule has 1 aliphatic rings. The minimum absolute atomic E-state index is 0.612. The zero-order valence-corrected chi connectivity index (χ0v) is 7.69. The Morgan fingerprint density at radius 2 is 2.08 bits per heavy atom. The third kappa shape index (κ3) is 2.05. The van der Waals surface area contributed by atoms with Gasteiger partial charge >= 0.3 is 0 Å². The van der Waals surface area contributed by atoms with E-state index >= 15 is 0 Å². The number of piperidine rings is 1. The summed E-state index contributed by atoms with van der Waals surface area (Å²) in [5.41, 5.74) is 1.22.